The second kappa shape index (κ2) is 4.28. The van der Waals surface area contributed by atoms with Crippen LogP contribution in [0.25, 0.3) is 11.0 Å². The molecule has 0 atom stereocenters. The highest BCUT2D eigenvalue weighted by Crippen LogP contribution is 2.31. The summed E-state index contributed by atoms with van der Waals surface area (Å²) in [6.45, 7) is 2.76. The van der Waals surface area contributed by atoms with Gasteiger partial charge in [-0.1, -0.05) is 6.07 Å². The number of amides is 1. The average molecular weight is 271 g/mol. The van der Waals surface area contributed by atoms with Gasteiger partial charge in [-0.15, -0.1) is 0 Å². The van der Waals surface area contributed by atoms with Crippen LogP contribution in [0.1, 0.15) is 29.6 Å². The number of nitrogens with zero attached hydrogens (tertiary/aromatic N) is 3. The summed E-state index contributed by atoms with van der Waals surface area (Å²) in [6.07, 6.45) is 3.34. The van der Waals surface area contributed by atoms with Crippen molar-refractivity contribution in [1.82, 2.24) is 25.6 Å². The van der Waals surface area contributed by atoms with E-state index >= 15 is 0 Å². The van der Waals surface area contributed by atoms with E-state index in [-0.39, 0.29) is 5.91 Å². The number of fused-ring (bicyclic) bond motifs is 1. The highest BCUT2D eigenvalue weighted by atomic mass is 16.2. The lowest BCUT2D eigenvalue weighted by Crippen LogP contribution is -2.62. The zero-order valence-electron chi connectivity index (χ0n) is 11.2. The molecule has 0 radical (unpaired) electrons. The second-order valence-corrected chi connectivity index (χ2v) is 5.75. The molecule has 6 heteroatoms. The summed E-state index contributed by atoms with van der Waals surface area (Å²) < 4.78 is 0. The van der Waals surface area contributed by atoms with Gasteiger partial charge in [0, 0.05) is 18.6 Å². The number of aromatic nitrogens is 3. The zero-order chi connectivity index (χ0) is 13.6. The van der Waals surface area contributed by atoms with E-state index < -0.39 is 0 Å². The van der Waals surface area contributed by atoms with Crippen molar-refractivity contribution >= 4 is 16.9 Å². The van der Waals surface area contributed by atoms with Gasteiger partial charge in [-0.05, 0) is 37.9 Å². The SMILES string of the molecule is O=C(c1cccc2n[nH]nc12)N1CCC2(CCN2)CC1. The standard InChI is InChI=1S/C14H17N5O/c20-13(10-2-1-3-11-12(10)17-18-16-11)19-8-5-14(6-9-19)4-7-15-14/h1-3,15H,4-9H2,(H,16,17,18). The van der Waals surface area contributed by atoms with Crippen molar-refractivity contribution in [3.63, 3.8) is 0 Å². The Morgan fingerprint density at radius 1 is 1.20 bits per heavy atom. The maximum Gasteiger partial charge on any atom is 0.256 e. The Bertz CT molecular complexity index is 650. The number of aromatic amines is 1. The molecule has 104 valence electrons. The van der Waals surface area contributed by atoms with Crippen molar-refractivity contribution in [2.45, 2.75) is 24.8 Å². The van der Waals surface area contributed by atoms with Gasteiger partial charge >= 0.3 is 0 Å². The fourth-order valence-corrected chi connectivity index (χ4v) is 3.25. The molecule has 20 heavy (non-hydrogen) atoms. The molecule has 0 unspecified atom stereocenters. The van der Waals surface area contributed by atoms with E-state index in [0.29, 0.717) is 16.6 Å². The number of carbonyl (C=O) groups excluding carboxylic acids is 1. The maximum atomic E-state index is 12.7. The highest BCUT2D eigenvalue weighted by molar-refractivity contribution is 6.04. The fraction of sp³-hybridized carbons (Fsp3) is 0.500. The van der Waals surface area contributed by atoms with Gasteiger partial charge in [-0.3, -0.25) is 4.79 Å². The molecule has 3 heterocycles. The third kappa shape index (κ3) is 1.71. The number of carbonyl (C=O) groups is 1. The number of rotatable bonds is 1. The largest absolute Gasteiger partial charge is 0.338 e. The molecule has 0 aliphatic carbocycles. The van der Waals surface area contributed by atoms with E-state index in [0.717, 1.165) is 38.0 Å². The van der Waals surface area contributed by atoms with Crippen molar-refractivity contribution in [3.05, 3.63) is 23.8 Å². The van der Waals surface area contributed by atoms with Crippen molar-refractivity contribution in [2.75, 3.05) is 19.6 Å². The molecule has 4 rings (SSSR count). The van der Waals surface area contributed by atoms with Gasteiger partial charge in [0.25, 0.3) is 5.91 Å². The molecule has 1 amide bonds. The number of piperidine rings is 1. The minimum Gasteiger partial charge on any atom is -0.338 e. The Balaban J connectivity index is 1.57. The summed E-state index contributed by atoms with van der Waals surface area (Å²) in [5.41, 5.74) is 2.37. The maximum absolute atomic E-state index is 12.7. The highest BCUT2D eigenvalue weighted by Gasteiger charge is 2.40. The number of likely N-dealkylation sites (tertiary alicyclic amines) is 1. The Labute approximate surface area is 116 Å². The molecule has 1 aromatic heterocycles. The molecule has 2 N–H and O–H groups in total. The van der Waals surface area contributed by atoms with Gasteiger partial charge in [0.05, 0.1) is 5.56 Å². The van der Waals surface area contributed by atoms with Crippen LogP contribution in [0.15, 0.2) is 18.2 Å². The first-order valence-electron chi connectivity index (χ1n) is 7.11. The molecule has 1 spiro atoms. The molecule has 0 bridgehead atoms. The zero-order valence-corrected chi connectivity index (χ0v) is 11.2. The minimum absolute atomic E-state index is 0.0682. The summed E-state index contributed by atoms with van der Waals surface area (Å²) >= 11 is 0. The third-order valence-corrected chi connectivity index (χ3v) is 4.69. The van der Waals surface area contributed by atoms with E-state index in [1.165, 1.54) is 6.42 Å². The molecular formula is C14H17N5O. The number of nitrogens with one attached hydrogen (secondary N) is 2. The van der Waals surface area contributed by atoms with Crippen LogP contribution in [0.5, 0.6) is 0 Å². The molecule has 2 aliphatic rings. The number of para-hydroxylation sites is 1. The lowest BCUT2D eigenvalue weighted by molar-refractivity contribution is 0.0542. The third-order valence-electron chi connectivity index (χ3n) is 4.69. The number of hydrogen-bond donors (Lipinski definition) is 2. The van der Waals surface area contributed by atoms with Crippen molar-refractivity contribution in [1.29, 1.82) is 0 Å². The first-order chi connectivity index (χ1) is 9.77. The molecule has 0 saturated carbocycles. The van der Waals surface area contributed by atoms with Gasteiger partial charge in [0.1, 0.15) is 11.0 Å². The summed E-state index contributed by atoms with van der Waals surface area (Å²) in [6, 6.07) is 5.55. The first-order valence-corrected chi connectivity index (χ1v) is 7.11. The summed E-state index contributed by atoms with van der Waals surface area (Å²) in [7, 11) is 0. The molecular weight excluding hydrogens is 254 g/mol. The fourth-order valence-electron chi connectivity index (χ4n) is 3.25. The Kier molecular flexibility index (Phi) is 2.53. The van der Waals surface area contributed by atoms with Gasteiger partial charge < -0.3 is 10.2 Å². The number of benzene rings is 1. The van der Waals surface area contributed by atoms with Crippen molar-refractivity contribution in [3.8, 4) is 0 Å². The number of H-pyrrole nitrogens is 1. The van der Waals surface area contributed by atoms with Crippen LogP contribution in [0.4, 0.5) is 0 Å². The molecule has 2 aliphatic heterocycles. The van der Waals surface area contributed by atoms with Crippen molar-refractivity contribution < 1.29 is 4.79 Å². The van der Waals surface area contributed by atoms with Crippen LogP contribution in [-0.4, -0.2) is 51.4 Å². The molecule has 6 nitrogen and oxygen atoms in total. The van der Waals surface area contributed by atoms with Crippen molar-refractivity contribution in [2.24, 2.45) is 0 Å². The second-order valence-electron chi connectivity index (χ2n) is 5.75. The van der Waals surface area contributed by atoms with Crippen LogP contribution in [0.2, 0.25) is 0 Å². The Hall–Kier alpha value is -1.95. The summed E-state index contributed by atoms with van der Waals surface area (Å²) in [5.74, 6) is 0.0682. The molecule has 1 aromatic carbocycles. The Morgan fingerprint density at radius 3 is 2.70 bits per heavy atom. The van der Waals surface area contributed by atoms with E-state index in [2.05, 4.69) is 20.7 Å². The monoisotopic (exact) mass is 271 g/mol. The van der Waals surface area contributed by atoms with Crippen LogP contribution in [0.3, 0.4) is 0 Å². The van der Waals surface area contributed by atoms with E-state index in [4.69, 9.17) is 0 Å². The van der Waals surface area contributed by atoms with Crippen LogP contribution >= 0.6 is 0 Å². The summed E-state index contributed by atoms with van der Waals surface area (Å²) in [5, 5.41) is 14.2. The molecule has 2 saturated heterocycles. The lowest BCUT2D eigenvalue weighted by atomic mass is 9.79. The molecule has 2 fully saturated rings. The number of hydrogen-bond acceptors (Lipinski definition) is 4. The van der Waals surface area contributed by atoms with Crippen LogP contribution in [-0.2, 0) is 0 Å². The average Bonchev–Trinajstić information content (AvgIpc) is 2.93. The van der Waals surface area contributed by atoms with Crippen LogP contribution in [0, 0.1) is 0 Å². The van der Waals surface area contributed by atoms with Crippen LogP contribution < -0.4 is 5.32 Å². The predicted molar refractivity (Wildman–Crippen MR) is 74.4 cm³/mol. The minimum atomic E-state index is 0.0682. The quantitative estimate of drug-likeness (QED) is 0.809. The van der Waals surface area contributed by atoms with Gasteiger partial charge in [0.2, 0.25) is 0 Å². The van der Waals surface area contributed by atoms with E-state index in [1.807, 2.05) is 23.1 Å². The van der Waals surface area contributed by atoms with Gasteiger partial charge in [0.15, 0.2) is 0 Å². The summed E-state index contributed by atoms with van der Waals surface area (Å²) in [4.78, 5) is 14.6. The van der Waals surface area contributed by atoms with E-state index in [9.17, 15) is 4.79 Å². The Morgan fingerprint density at radius 2 is 2.00 bits per heavy atom. The topological polar surface area (TPSA) is 73.9 Å². The lowest BCUT2D eigenvalue weighted by Gasteiger charge is -2.48. The predicted octanol–water partition coefficient (Wildman–Crippen LogP) is 0.926. The van der Waals surface area contributed by atoms with Gasteiger partial charge in [-0.2, -0.15) is 15.4 Å². The smallest absolute Gasteiger partial charge is 0.256 e. The van der Waals surface area contributed by atoms with E-state index in [1.54, 1.807) is 0 Å². The van der Waals surface area contributed by atoms with Gasteiger partial charge in [-0.25, -0.2) is 0 Å². The molecule has 2 aromatic rings. The normalized spacial score (nSPS) is 21.1. The first kappa shape index (κ1) is 11.8.